The SMILES string of the molecule is CN1CCc2nc(C(=O)NC3CC(COCc4ccccc4)CC3NC(=O)c3cc4cc(Cl)ccc4[nH]3)sc2C1. The molecular weight excluding hydrogens is 546 g/mol. The van der Waals surface area contributed by atoms with Crippen LogP contribution < -0.4 is 10.6 Å². The van der Waals surface area contributed by atoms with Gasteiger partial charge in [-0.05, 0) is 55.6 Å². The first kappa shape index (κ1) is 27.0. The summed E-state index contributed by atoms with van der Waals surface area (Å²) in [5.41, 5.74) is 3.45. The molecule has 2 aromatic carbocycles. The molecule has 3 unspecified atom stereocenters. The van der Waals surface area contributed by atoms with E-state index in [4.69, 9.17) is 16.3 Å². The summed E-state index contributed by atoms with van der Waals surface area (Å²) in [7, 11) is 2.08. The number of amides is 2. The number of likely N-dealkylation sites (N-methyl/N-ethyl adjacent to an activating group) is 1. The van der Waals surface area contributed by atoms with Gasteiger partial charge in [-0.25, -0.2) is 4.98 Å². The summed E-state index contributed by atoms with van der Waals surface area (Å²) in [6, 6.07) is 16.9. The van der Waals surface area contributed by atoms with E-state index in [0.717, 1.165) is 46.5 Å². The molecule has 1 aliphatic heterocycles. The average Bonchev–Trinajstić information content (AvgIpc) is 3.66. The molecule has 1 aliphatic carbocycles. The van der Waals surface area contributed by atoms with E-state index in [1.165, 1.54) is 11.3 Å². The van der Waals surface area contributed by atoms with E-state index >= 15 is 0 Å². The Morgan fingerprint density at radius 2 is 1.88 bits per heavy atom. The van der Waals surface area contributed by atoms with Crippen LogP contribution in [0.3, 0.4) is 0 Å². The molecule has 2 aliphatic rings. The van der Waals surface area contributed by atoms with Crippen molar-refractivity contribution in [1.82, 2.24) is 25.5 Å². The second-order valence-corrected chi connectivity index (χ2v) is 12.3. The van der Waals surface area contributed by atoms with Gasteiger partial charge in [-0.2, -0.15) is 0 Å². The number of H-pyrrole nitrogens is 1. The van der Waals surface area contributed by atoms with Crippen molar-refractivity contribution in [3.63, 3.8) is 0 Å². The van der Waals surface area contributed by atoms with Crippen molar-refractivity contribution in [3.8, 4) is 0 Å². The summed E-state index contributed by atoms with van der Waals surface area (Å²) in [6.45, 7) is 2.84. The standard InChI is InChI=1S/C30H32ClN5O3S/c1-36-10-9-23-27(15-36)40-30(35-23)29(38)34-25-12-19(17-39-16-18-5-3-2-4-6-18)11-24(25)33-28(37)26-14-20-13-21(31)7-8-22(20)32-26/h2-8,13-14,19,24-25,32H,9-12,15-17H2,1H3,(H,33,37)(H,34,38). The summed E-state index contributed by atoms with van der Waals surface area (Å²) in [6.07, 6.45) is 2.27. The predicted octanol–water partition coefficient (Wildman–Crippen LogP) is 4.79. The third kappa shape index (κ3) is 6.07. The van der Waals surface area contributed by atoms with Gasteiger partial charge in [0.25, 0.3) is 11.8 Å². The predicted molar refractivity (Wildman–Crippen MR) is 157 cm³/mol. The van der Waals surface area contributed by atoms with E-state index in [2.05, 4.69) is 32.5 Å². The van der Waals surface area contributed by atoms with Gasteiger partial charge in [0, 0.05) is 59.0 Å². The summed E-state index contributed by atoms with van der Waals surface area (Å²) in [4.78, 5) is 37.8. The number of aromatic amines is 1. The fraction of sp³-hybridized carbons (Fsp3) is 0.367. The zero-order valence-corrected chi connectivity index (χ0v) is 23.9. The van der Waals surface area contributed by atoms with Crippen molar-refractivity contribution in [2.75, 3.05) is 20.2 Å². The van der Waals surface area contributed by atoms with Crippen LogP contribution in [0.4, 0.5) is 0 Å². The van der Waals surface area contributed by atoms with Crippen LogP contribution in [0.15, 0.2) is 54.6 Å². The highest BCUT2D eigenvalue weighted by Gasteiger charge is 2.37. The number of fused-ring (bicyclic) bond motifs is 2. The van der Waals surface area contributed by atoms with Gasteiger partial charge in [0.15, 0.2) is 5.01 Å². The molecule has 0 radical (unpaired) electrons. The number of thiazole rings is 1. The lowest BCUT2D eigenvalue weighted by Crippen LogP contribution is -2.48. The first-order chi connectivity index (χ1) is 19.4. The summed E-state index contributed by atoms with van der Waals surface area (Å²) in [5, 5.41) is 8.34. The molecule has 3 heterocycles. The molecule has 6 rings (SSSR count). The highest BCUT2D eigenvalue weighted by atomic mass is 35.5. The van der Waals surface area contributed by atoms with E-state index in [0.29, 0.717) is 41.8 Å². The molecule has 10 heteroatoms. The summed E-state index contributed by atoms with van der Waals surface area (Å²) in [5.74, 6) is -0.202. The van der Waals surface area contributed by atoms with E-state index in [1.807, 2.05) is 42.5 Å². The second-order valence-electron chi connectivity index (χ2n) is 10.8. The molecule has 4 aromatic rings. The largest absolute Gasteiger partial charge is 0.376 e. The molecule has 1 saturated carbocycles. The number of hydrogen-bond donors (Lipinski definition) is 3. The normalized spacial score (nSPS) is 20.9. The first-order valence-electron chi connectivity index (χ1n) is 13.6. The zero-order chi connectivity index (χ0) is 27.6. The Kier molecular flexibility index (Phi) is 7.89. The van der Waals surface area contributed by atoms with Gasteiger partial charge < -0.3 is 25.3 Å². The third-order valence-electron chi connectivity index (χ3n) is 7.70. The quantitative estimate of drug-likeness (QED) is 0.280. The van der Waals surface area contributed by atoms with Crippen LogP contribution >= 0.6 is 22.9 Å². The maximum atomic E-state index is 13.3. The number of carbonyl (C=O) groups excluding carboxylic acids is 2. The second kappa shape index (κ2) is 11.7. The number of nitrogens with zero attached hydrogens (tertiary/aromatic N) is 2. The van der Waals surface area contributed by atoms with Crippen LogP contribution in [-0.4, -0.2) is 59.0 Å². The minimum absolute atomic E-state index is 0.183. The van der Waals surface area contributed by atoms with Gasteiger partial charge >= 0.3 is 0 Å². The Morgan fingerprint density at radius 3 is 2.67 bits per heavy atom. The molecule has 3 N–H and O–H groups in total. The fourth-order valence-corrected chi connectivity index (χ4v) is 6.91. The van der Waals surface area contributed by atoms with Crippen LogP contribution in [-0.2, 0) is 24.3 Å². The van der Waals surface area contributed by atoms with E-state index < -0.39 is 0 Å². The molecule has 0 saturated heterocycles. The topological polar surface area (TPSA) is 99.3 Å². The van der Waals surface area contributed by atoms with E-state index in [9.17, 15) is 9.59 Å². The monoisotopic (exact) mass is 577 g/mol. The molecule has 0 bridgehead atoms. The molecule has 208 valence electrons. The molecule has 3 atom stereocenters. The van der Waals surface area contributed by atoms with Crippen molar-refractivity contribution in [3.05, 3.63) is 86.5 Å². The average molecular weight is 578 g/mol. The number of aromatic nitrogens is 2. The first-order valence-corrected chi connectivity index (χ1v) is 14.8. The van der Waals surface area contributed by atoms with Crippen LogP contribution in [0.2, 0.25) is 5.02 Å². The van der Waals surface area contributed by atoms with Crippen LogP contribution in [0.5, 0.6) is 0 Å². The maximum Gasteiger partial charge on any atom is 0.280 e. The van der Waals surface area contributed by atoms with Crippen molar-refractivity contribution in [2.24, 2.45) is 5.92 Å². The van der Waals surface area contributed by atoms with Gasteiger partial charge in [0.05, 0.1) is 12.3 Å². The smallest absolute Gasteiger partial charge is 0.280 e. The third-order valence-corrected chi connectivity index (χ3v) is 9.02. The number of benzene rings is 2. The van der Waals surface area contributed by atoms with Crippen LogP contribution in [0, 0.1) is 5.92 Å². The molecule has 2 aromatic heterocycles. The van der Waals surface area contributed by atoms with Gasteiger partial charge in [-0.3, -0.25) is 9.59 Å². The van der Waals surface area contributed by atoms with Gasteiger partial charge in [0.2, 0.25) is 0 Å². The van der Waals surface area contributed by atoms with Gasteiger partial charge in [-0.15, -0.1) is 11.3 Å². The van der Waals surface area contributed by atoms with Crippen LogP contribution in [0.25, 0.3) is 10.9 Å². The molecule has 0 spiro atoms. The Labute approximate surface area is 242 Å². The highest BCUT2D eigenvalue weighted by molar-refractivity contribution is 7.13. The molecule has 1 fully saturated rings. The van der Waals surface area contributed by atoms with E-state index in [-0.39, 0.29) is 29.8 Å². The lowest BCUT2D eigenvalue weighted by atomic mass is 10.1. The molecular formula is C30H32ClN5O3S. The Morgan fingerprint density at radius 1 is 1.10 bits per heavy atom. The number of rotatable bonds is 8. The van der Waals surface area contributed by atoms with Crippen molar-refractivity contribution in [2.45, 2.75) is 44.5 Å². The Hall–Kier alpha value is -3.24. The lowest BCUT2D eigenvalue weighted by molar-refractivity contribution is 0.0857. The van der Waals surface area contributed by atoms with Gasteiger partial charge in [-0.1, -0.05) is 41.9 Å². The number of halogens is 1. The van der Waals surface area contributed by atoms with Crippen molar-refractivity contribution >= 4 is 45.7 Å². The molecule has 2 amide bonds. The molecule has 8 nitrogen and oxygen atoms in total. The lowest BCUT2D eigenvalue weighted by Gasteiger charge is -2.21. The van der Waals surface area contributed by atoms with Gasteiger partial charge in [0.1, 0.15) is 5.69 Å². The van der Waals surface area contributed by atoms with Crippen LogP contribution in [0.1, 0.15) is 49.3 Å². The number of nitrogens with one attached hydrogen (secondary N) is 3. The van der Waals surface area contributed by atoms with Crippen molar-refractivity contribution in [1.29, 1.82) is 0 Å². The molecule has 40 heavy (non-hydrogen) atoms. The minimum Gasteiger partial charge on any atom is -0.376 e. The number of hydrogen-bond acceptors (Lipinski definition) is 6. The van der Waals surface area contributed by atoms with E-state index in [1.54, 1.807) is 12.1 Å². The summed E-state index contributed by atoms with van der Waals surface area (Å²) < 4.78 is 6.04. The number of carbonyl (C=O) groups is 2. The van der Waals surface area contributed by atoms with Crippen molar-refractivity contribution < 1.29 is 14.3 Å². The highest BCUT2D eigenvalue weighted by Crippen LogP contribution is 2.29. The number of ether oxygens (including phenoxy) is 1. The summed E-state index contributed by atoms with van der Waals surface area (Å²) >= 11 is 7.59. The maximum absolute atomic E-state index is 13.3. The zero-order valence-electron chi connectivity index (χ0n) is 22.3. The fourth-order valence-electron chi connectivity index (χ4n) is 5.64. The Balaban J connectivity index is 1.15. The minimum atomic E-state index is -0.238. The Bertz CT molecular complexity index is 1520.